The minimum absolute atomic E-state index is 0.140. The summed E-state index contributed by atoms with van der Waals surface area (Å²) >= 11 is 0. The van der Waals surface area contributed by atoms with Crippen molar-refractivity contribution in [1.29, 1.82) is 0 Å². The van der Waals surface area contributed by atoms with Crippen molar-refractivity contribution in [3.63, 3.8) is 0 Å². The summed E-state index contributed by atoms with van der Waals surface area (Å²) in [6, 6.07) is 9.43. The molecule has 8 nitrogen and oxygen atoms in total. The molecule has 2 saturated heterocycles. The van der Waals surface area contributed by atoms with Gasteiger partial charge in [-0.15, -0.1) is 0 Å². The molecule has 3 heterocycles. The number of hydrogen-bond donors (Lipinski definition) is 1. The molecule has 3 aliphatic rings. The van der Waals surface area contributed by atoms with Gasteiger partial charge in [0, 0.05) is 38.2 Å². The number of anilines is 2. The Hall–Kier alpha value is -2.85. The number of sulfonamides is 1. The van der Waals surface area contributed by atoms with E-state index in [1.54, 1.807) is 12.1 Å². The van der Waals surface area contributed by atoms with Crippen LogP contribution in [-0.4, -0.2) is 58.0 Å². The molecule has 1 N–H and O–H groups in total. The summed E-state index contributed by atoms with van der Waals surface area (Å²) in [7, 11) is -3.73. The van der Waals surface area contributed by atoms with E-state index in [0.29, 0.717) is 43.2 Å². The van der Waals surface area contributed by atoms with Gasteiger partial charge in [-0.2, -0.15) is 4.31 Å². The molecule has 0 radical (unpaired) electrons. The van der Waals surface area contributed by atoms with E-state index in [9.17, 15) is 17.6 Å². The van der Waals surface area contributed by atoms with Gasteiger partial charge >= 0.3 is 0 Å². The second-order valence-corrected chi connectivity index (χ2v) is 10.7. The zero-order valence-electron chi connectivity index (χ0n) is 18.8. The van der Waals surface area contributed by atoms with Gasteiger partial charge < -0.3 is 19.7 Å². The predicted octanol–water partition coefficient (Wildman–Crippen LogP) is 3.24. The second-order valence-electron chi connectivity index (χ2n) is 8.80. The normalized spacial score (nSPS) is 19.3. The Morgan fingerprint density at radius 2 is 1.68 bits per heavy atom. The highest BCUT2D eigenvalue weighted by Crippen LogP contribution is 2.35. The van der Waals surface area contributed by atoms with E-state index in [1.807, 2.05) is 6.07 Å². The Labute approximate surface area is 198 Å². The topological polar surface area (TPSA) is 88.2 Å². The number of fused-ring (bicyclic) bond motifs is 1. The van der Waals surface area contributed by atoms with Gasteiger partial charge in [-0.05, 0) is 49.9 Å². The van der Waals surface area contributed by atoms with E-state index in [-0.39, 0.29) is 29.6 Å². The minimum atomic E-state index is -3.73. The number of carbonyl (C=O) groups excluding carboxylic acids is 1. The molecule has 1 amide bonds. The fourth-order valence-electron chi connectivity index (χ4n) is 4.77. The summed E-state index contributed by atoms with van der Waals surface area (Å²) in [5.41, 5.74) is 0.908. The van der Waals surface area contributed by atoms with E-state index in [0.717, 1.165) is 25.9 Å². The maximum Gasteiger partial charge on any atom is 0.243 e. The first-order valence-corrected chi connectivity index (χ1v) is 13.1. The number of amides is 1. The summed E-state index contributed by atoms with van der Waals surface area (Å²) in [6.07, 6.45) is 2.81. The summed E-state index contributed by atoms with van der Waals surface area (Å²) in [4.78, 5) is 15.2. The van der Waals surface area contributed by atoms with Crippen LogP contribution in [0.4, 0.5) is 15.8 Å². The molecule has 0 bridgehead atoms. The number of halogens is 1. The first-order chi connectivity index (χ1) is 16.4. The number of piperidine rings is 1. The summed E-state index contributed by atoms with van der Waals surface area (Å²) in [6.45, 7) is 2.90. The van der Waals surface area contributed by atoms with Crippen LogP contribution in [-0.2, 0) is 14.8 Å². The van der Waals surface area contributed by atoms with Gasteiger partial charge in [0.2, 0.25) is 15.9 Å². The molecule has 0 unspecified atom stereocenters. The van der Waals surface area contributed by atoms with Gasteiger partial charge in [0.25, 0.3) is 0 Å². The largest absolute Gasteiger partial charge is 0.486 e. The predicted molar refractivity (Wildman–Crippen MR) is 125 cm³/mol. The van der Waals surface area contributed by atoms with Crippen molar-refractivity contribution in [2.45, 2.75) is 30.6 Å². The van der Waals surface area contributed by atoms with E-state index in [1.165, 1.54) is 22.5 Å². The molecule has 10 heteroatoms. The van der Waals surface area contributed by atoms with Gasteiger partial charge in [-0.25, -0.2) is 12.8 Å². The highest BCUT2D eigenvalue weighted by molar-refractivity contribution is 7.89. The molecule has 0 saturated carbocycles. The van der Waals surface area contributed by atoms with Crippen molar-refractivity contribution in [3.05, 3.63) is 42.2 Å². The Bertz CT molecular complexity index is 1180. The third-order valence-corrected chi connectivity index (χ3v) is 8.56. The molecule has 0 aliphatic carbocycles. The lowest BCUT2D eigenvalue weighted by Crippen LogP contribution is -2.41. The number of carbonyl (C=O) groups is 1. The molecule has 0 atom stereocenters. The molecule has 0 spiro atoms. The van der Waals surface area contributed by atoms with Crippen LogP contribution in [0.3, 0.4) is 0 Å². The Balaban J connectivity index is 1.25. The minimum Gasteiger partial charge on any atom is -0.486 e. The number of benzene rings is 2. The average molecular weight is 490 g/mol. The standard InChI is InChI=1S/C24H28FN3O5S/c25-19-4-3-5-20(27-10-1-2-11-27)23(19)26-24(29)17-8-12-28(13-9-17)34(30,31)18-6-7-21-22(16-18)33-15-14-32-21/h3-7,16-17H,1-2,8-15H2,(H,26,29). The summed E-state index contributed by atoms with van der Waals surface area (Å²) in [5.74, 6) is -0.182. The van der Waals surface area contributed by atoms with Gasteiger partial charge in [0.05, 0.1) is 10.6 Å². The number of ether oxygens (including phenoxy) is 2. The molecular weight excluding hydrogens is 461 g/mol. The van der Waals surface area contributed by atoms with Crippen LogP contribution in [0.2, 0.25) is 0 Å². The Morgan fingerprint density at radius 3 is 2.41 bits per heavy atom. The Morgan fingerprint density at radius 1 is 0.971 bits per heavy atom. The van der Waals surface area contributed by atoms with Crippen molar-refractivity contribution in [1.82, 2.24) is 4.31 Å². The van der Waals surface area contributed by atoms with E-state index >= 15 is 0 Å². The Kier molecular flexibility index (Phi) is 6.35. The van der Waals surface area contributed by atoms with Crippen LogP contribution in [0.25, 0.3) is 0 Å². The second kappa shape index (κ2) is 9.42. The smallest absolute Gasteiger partial charge is 0.243 e. The zero-order chi connectivity index (χ0) is 23.7. The maximum absolute atomic E-state index is 14.6. The fraction of sp³-hybridized carbons (Fsp3) is 0.458. The fourth-order valence-corrected chi connectivity index (χ4v) is 6.26. The highest BCUT2D eigenvalue weighted by Gasteiger charge is 2.33. The van der Waals surface area contributed by atoms with Crippen LogP contribution >= 0.6 is 0 Å². The first kappa shape index (κ1) is 22.9. The maximum atomic E-state index is 14.6. The van der Waals surface area contributed by atoms with Crippen molar-refractivity contribution in [2.24, 2.45) is 5.92 Å². The monoisotopic (exact) mass is 489 g/mol. The average Bonchev–Trinajstić information content (AvgIpc) is 3.40. The lowest BCUT2D eigenvalue weighted by atomic mass is 9.97. The number of rotatable bonds is 5. The van der Waals surface area contributed by atoms with Crippen LogP contribution in [0, 0.1) is 11.7 Å². The van der Waals surface area contributed by atoms with Crippen molar-refractivity contribution < 1.29 is 27.1 Å². The first-order valence-electron chi connectivity index (χ1n) is 11.7. The van der Waals surface area contributed by atoms with Gasteiger partial charge in [0.1, 0.15) is 24.7 Å². The molecule has 34 heavy (non-hydrogen) atoms. The molecule has 0 aromatic heterocycles. The van der Waals surface area contributed by atoms with E-state index in [2.05, 4.69) is 10.2 Å². The van der Waals surface area contributed by atoms with E-state index in [4.69, 9.17) is 9.47 Å². The van der Waals surface area contributed by atoms with Crippen LogP contribution in [0.1, 0.15) is 25.7 Å². The van der Waals surface area contributed by atoms with Gasteiger partial charge in [-0.1, -0.05) is 6.07 Å². The van der Waals surface area contributed by atoms with Crippen LogP contribution < -0.4 is 19.7 Å². The lowest BCUT2D eigenvalue weighted by molar-refractivity contribution is -0.120. The van der Waals surface area contributed by atoms with E-state index < -0.39 is 21.8 Å². The molecule has 2 aromatic rings. The number of nitrogens with zero attached hydrogens (tertiary/aromatic N) is 2. The molecule has 5 rings (SSSR count). The SMILES string of the molecule is O=C(Nc1c(F)cccc1N1CCCC1)C1CCN(S(=O)(=O)c2ccc3c(c2)OCCO3)CC1. The number of nitrogens with one attached hydrogen (secondary N) is 1. The lowest BCUT2D eigenvalue weighted by Gasteiger charge is -2.31. The number of hydrogen-bond acceptors (Lipinski definition) is 6. The zero-order valence-corrected chi connectivity index (χ0v) is 19.7. The molecule has 182 valence electrons. The third-order valence-electron chi connectivity index (χ3n) is 6.66. The quantitative estimate of drug-likeness (QED) is 0.694. The highest BCUT2D eigenvalue weighted by atomic mass is 32.2. The van der Waals surface area contributed by atoms with Crippen molar-refractivity contribution >= 4 is 27.3 Å². The van der Waals surface area contributed by atoms with Gasteiger partial charge in [0.15, 0.2) is 11.5 Å². The van der Waals surface area contributed by atoms with Crippen LogP contribution in [0.15, 0.2) is 41.3 Å². The van der Waals surface area contributed by atoms with Crippen molar-refractivity contribution in [2.75, 3.05) is 49.6 Å². The summed E-state index contributed by atoms with van der Waals surface area (Å²) < 4.78 is 53.3. The molecule has 2 aromatic carbocycles. The third kappa shape index (κ3) is 4.44. The molecule has 2 fully saturated rings. The molecule has 3 aliphatic heterocycles. The van der Waals surface area contributed by atoms with Crippen LogP contribution in [0.5, 0.6) is 11.5 Å². The molecular formula is C24H28FN3O5S. The van der Waals surface area contributed by atoms with Crippen molar-refractivity contribution in [3.8, 4) is 11.5 Å². The van der Waals surface area contributed by atoms with Gasteiger partial charge in [-0.3, -0.25) is 4.79 Å². The number of para-hydroxylation sites is 1. The summed E-state index contributed by atoms with van der Waals surface area (Å²) in [5, 5.41) is 2.79.